The van der Waals surface area contributed by atoms with Crippen LogP contribution in [-0.2, 0) is 0 Å². The molecule has 0 heterocycles. The summed E-state index contributed by atoms with van der Waals surface area (Å²) >= 11 is 0. The van der Waals surface area contributed by atoms with Gasteiger partial charge in [-0.05, 0) is 24.5 Å². The average molecular weight is 264 g/mol. The summed E-state index contributed by atoms with van der Waals surface area (Å²) in [5, 5.41) is 0.201. The van der Waals surface area contributed by atoms with Crippen molar-refractivity contribution in [2.75, 3.05) is 6.61 Å². The largest absolute Gasteiger partial charge is 0.493 e. The maximum absolute atomic E-state index is 11.5. The predicted molar refractivity (Wildman–Crippen MR) is 79.5 cm³/mol. The molecule has 1 unspecified atom stereocenters. The third-order valence-electron chi connectivity index (χ3n) is 3.28. The van der Waals surface area contributed by atoms with Crippen molar-refractivity contribution in [1.82, 2.24) is 0 Å². The van der Waals surface area contributed by atoms with Gasteiger partial charge in [0.25, 0.3) is 0 Å². The van der Waals surface area contributed by atoms with Crippen molar-refractivity contribution in [2.45, 2.75) is 39.5 Å². The molecule has 0 bridgehead atoms. The average Bonchev–Trinajstić information content (AvgIpc) is 2.39. The molecule has 100 valence electrons. The first-order valence-corrected chi connectivity index (χ1v) is 7.91. The lowest BCUT2D eigenvalue weighted by Gasteiger charge is -2.16. The number of para-hydroxylation sites is 1. The summed E-state index contributed by atoms with van der Waals surface area (Å²) in [7, 11) is 0.543. The lowest BCUT2D eigenvalue weighted by Crippen LogP contribution is -2.13. The SMILES string of the molecule is CCCCC(CC)COc1ccccc1C(=O)[SiH3]. The maximum Gasteiger partial charge on any atom is 0.132 e. The van der Waals surface area contributed by atoms with E-state index in [4.69, 9.17) is 4.74 Å². The van der Waals surface area contributed by atoms with Crippen LogP contribution in [0.25, 0.3) is 0 Å². The van der Waals surface area contributed by atoms with Crippen LogP contribution in [0.1, 0.15) is 49.9 Å². The van der Waals surface area contributed by atoms with Crippen molar-refractivity contribution >= 4 is 15.6 Å². The number of hydrogen-bond donors (Lipinski definition) is 0. The van der Waals surface area contributed by atoms with E-state index in [0.29, 0.717) is 16.2 Å². The van der Waals surface area contributed by atoms with Crippen LogP contribution in [-0.4, -0.2) is 22.3 Å². The van der Waals surface area contributed by atoms with E-state index in [9.17, 15) is 4.79 Å². The molecule has 0 aliphatic rings. The maximum atomic E-state index is 11.5. The number of ether oxygens (including phenoxy) is 1. The summed E-state index contributed by atoms with van der Waals surface area (Å²) in [5.74, 6) is 1.36. The highest BCUT2D eigenvalue weighted by molar-refractivity contribution is 6.62. The van der Waals surface area contributed by atoms with E-state index in [2.05, 4.69) is 13.8 Å². The topological polar surface area (TPSA) is 26.3 Å². The summed E-state index contributed by atoms with van der Waals surface area (Å²) in [4.78, 5) is 11.5. The van der Waals surface area contributed by atoms with Gasteiger partial charge in [-0.2, -0.15) is 0 Å². The van der Waals surface area contributed by atoms with Crippen molar-refractivity contribution in [3.05, 3.63) is 29.8 Å². The normalized spacial score (nSPS) is 12.3. The molecule has 2 nitrogen and oxygen atoms in total. The molecule has 0 fully saturated rings. The second-order valence-corrected chi connectivity index (χ2v) is 5.69. The smallest absolute Gasteiger partial charge is 0.132 e. The van der Waals surface area contributed by atoms with Gasteiger partial charge in [0.2, 0.25) is 0 Å². The van der Waals surface area contributed by atoms with E-state index in [-0.39, 0.29) is 5.41 Å². The van der Waals surface area contributed by atoms with Crippen LogP contribution in [0, 0.1) is 5.92 Å². The van der Waals surface area contributed by atoms with E-state index in [1.807, 2.05) is 24.3 Å². The van der Waals surface area contributed by atoms with Crippen LogP contribution < -0.4 is 4.74 Å². The van der Waals surface area contributed by atoms with Gasteiger partial charge in [0.1, 0.15) is 11.2 Å². The molecule has 0 radical (unpaired) electrons. The molecule has 3 heteroatoms. The third kappa shape index (κ3) is 4.65. The number of hydrogen-bond acceptors (Lipinski definition) is 2. The Hall–Kier alpha value is -1.09. The minimum atomic E-state index is 0.201. The van der Waals surface area contributed by atoms with Crippen molar-refractivity contribution in [3.63, 3.8) is 0 Å². The highest BCUT2D eigenvalue weighted by atomic mass is 28.1. The van der Waals surface area contributed by atoms with Crippen LogP contribution >= 0.6 is 0 Å². The lowest BCUT2D eigenvalue weighted by molar-refractivity contribution is 0.107. The van der Waals surface area contributed by atoms with Gasteiger partial charge < -0.3 is 9.53 Å². The van der Waals surface area contributed by atoms with Gasteiger partial charge in [0, 0.05) is 0 Å². The van der Waals surface area contributed by atoms with Gasteiger partial charge in [0.15, 0.2) is 0 Å². The molecule has 1 atom stereocenters. The summed E-state index contributed by atoms with van der Waals surface area (Å²) < 4.78 is 5.85. The zero-order chi connectivity index (χ0) is 13.4. The Kier molecular flexibility index (Phi) is 6.72. The minimum absolute atomic E-state index is 0.201. The van der Waals surface area contributed by atoms with Crippen molar-refractivity contribution in [3.8, 4) is 5.75 Å². The fourth-order valence-electron chi connectivity index (χ4n) is 1.99. The number of rotatable bonds is 8. The minimum Gasteiger partial charge on any atom is -0.493 e. The molecule has 0 aliphatic carbocycles. The molecule has 0 aliphatic heterocycles. The Balaban J connectivity index is 2.59. The standard InChI is InChI=1S/C15H24O2Si/c1-3-5-8-12(4-2)11-17-14-10-7-6-9-13(14)15(16)18/h6-7,9-10,12H,3-5,8,11H2,1-2,18H3. The Morgan fingerprint density at radius 1 is 1.33 bits per heavy atom. The molecule has 0 aromatic heterocycles. The van der Waals surface area contributed by atoms with Crippen molar-refractivity contribution in [2.24, 2.45) is 5.92 Å². The zero-order valence-electron chi connectivity index (χ0n) is 11.7. The van der Waals surface area contributed by atoms with Gasteiger partial charge in [-0.25, -0.2) is 0 Å². The van der Waals surface area contributed by atoms with Crippen LogP contribution in [0.15, 0.2) is 24.3 Å². The summed E-state index contributed by atoms with van der Waals surface area (Å²) in [6, 6.07) is 7.58. The van der Waals surface area contributed by atoms with E-state index >= 15 is 0 Å². The molecule has 0 amide bonds. The van der Waals surface area contributed by atoms with Gasteiger partial charge >= 0.3 is 0 Å². The first-order chi connectivity index (χ1) is 8.69. The lowest BCUT2D eigenvalue weighted by atomic mass is 10.0. The van der Waals surface area contributed by atoms with Crippen molar-refractivity contribution in [1.29, 1.82) is 0 Å². The number of carbonyl (C=O) groups excluding carboxylic acids is 1. The molecule has 0 N–H and O–H groups in total. The summed E-state index contributed by atoms with van der Waals surface area (Å²) in [6.45, 7) is 5.14. The Labute approximate surface area is 113 Å². The first-order valence-electron chi connectivity index (χ1n) is 6.91. The van der Waals surface area contributed by atoms with Gasteiger partial charge in [-0.1, -0.05) is 45.2 Å². The van der Waals surface area contributed by atoms with Crippen LogP contribution in [0.3, 0.4) is 0 Å². The summed E-state index contributed by atoms with van der Waals surface area (Å²) in [5.41, 5.74) is 0.745. The monoisotopic (exact) mass is 264 g/mol. The zero-order valence-corrected chi connectivity index (χ0v) is 13.7. The number of benzene rings is 1. The Bertz CT molecular complexity index is 377. The summed E-state index contributed by atoms with van der Waals surface area (Å²) in [6.07, 6.45) is 4.83. The van der Waals surface area contributed by atoms with Gasteiger partial charge in [-0.3, -0.25) is 0 Å². The number of unbranched alkanes of at least 4 members (excludes halogenated alkanes) is 1. The molecule has 0 saturated carbocycles. The molecule has 0 spiro atoms. The van der Waals surface area contributed by atoms with E-state index in [1.54, 1.807) is 0 Å². The highest BCUT2D eigenvalue weighted by Gasteiger charge is 2.10. The van der Waals surface area contributed by atoms with E-state index in [0.717, 1.165) is 24.3 Å². The molecule has 1 aromatic carbocycles. The second kappa shape index (κ2) is 8.09. The molecular weight excluding hydrogens is 240 g/mol. The van der Waals surface area contributed by atoms with Crippen LogP contribution in [0.5, 0.6) is 5.75 Å². The predicted octanol–water partition coefficient (Wildman–Crippen LogP) is 2.79. The number of carbonyl (C=O) groups is 1. The third-order valence-corrected chi connectivity index (χ3v) is 3.82. The highest BCUT2D eigenvalue weighted by Crippen LogP contribution is 2.20. The Morgan fingerprint density at radius 3 is 2.67 bits per heavy atom. The van der Waals surface area contributed by atoms with Crippen molar-refractivity contribution < 1.29 is 9.53 Å². The van der Waals surface area contributed by atoms with Gasteiger partial charge in [0.05, 0.1) is 22.4 Å². The fourth-order valence-corrected chi connectivity index (χ4v) is 2.40. The Morgan fingerprint density at radius 2 is 2.06 bits per heavy atom. The van der Waals surface area contributed by atoms with E-state index in [1.165, 1.54) is 19.3 Å². The van der Waals surface area contributed by atoms with E-state index < -0.39 is 0 Å². The second-order valence-electron chi connectivity index (χ2n) is 4.78. The molecule has 18 heavy (non-hydrogen) atoms. The molecule has 1 rings (SSSR count). The fraction of sp³-hybridized carbons (Fsp3) is 0.533. The molecule has 1 aromatic rings. The van der Waals surface area contributed by atoms with Gasteiger partial charge in [-0.15, -0.1) is 0 Å². The molecular formula is C15H24O2Si. The molecule has 0 saturated heterocycles. The quantitative estimate of drug-likeness (QED) is 0.675. The van der Waals surface area contributed by atoms with Crippen LogP contribution in [0.4, 0.5) is 0 Å². The van der Waals surface area contributed by atoms with Crippen LogP contribution in [0.2, 0.25) is 0 Å². The first kappa shape index (κ1) is 15.0.